The van der Waals surface area contributed by atoms with Gasteiger partial charge in [-0.25, -0.2) is 0 Å². The van der Waals surface area contributed by atoms with Crippen LogP contribution >= 0.6 is 0 Å². The summed E-state index contributed by atoms with van der Waals surface area (Å²) in [6.07, 6.45) is 0. The van der Waals surface area contributed by atoms with Crippen LogP contribution in [0.15, 0.2) is 42.5 Å². The normalized spacial score (nSPS) is 10.2. The summed E-state index contributed by atoms with van der Waals surface area (Å²) in [5.41, 5.74) is 3.21. The molecular formula is C22H27N3O4. The lowest BCUT2D eigenvalue weighted by molar-refractivity contribution is -0.132. The third kappa shape index (κ3) is 6.34. The first-order chi connectivity index (χ1) is 13.8. The predicted octanol–water partition coefficient (Wildman–Crippen LogP) is 2.53. The third-order valence-corrected chi connectivity index (χ3v) is 4.51. The SMILES string of the molecule is CCOc1ccc(C(=O)NCC(=O)N(C)CC(=O)Nc2cccc(C)c2C)cc1. The zero-order valence-electron chi connectivity index (χ0n) is 17.2. The molecule has 2 rings (SSSR count). The molecule has 0 aliphatic carbocycles. The molecule has 0 spiro atoms. The van der Waals surface area contributed by atoms with Gasteiger partial charge in [0.25, 0.3) is 5.91 Å². The van der Waals surface area contributed by atoms with Crippen LogP contribution in [0.4, 0.5) is 5.69 Å². The summed E-state index contributed by atoms with van der Waals surface area (Å²) >= 11 is 0. The van der Waals surface area contributed by atoms with Crippen LogP contribution < -0.4 is 15.4 Å². The fourth-order valence-electron chi connectivity index (χ4n) is 2.64. The first kappa shape index (κ1) is 21.9. The largest absolute Gasteiger partial charge is 0.494 e. The highest BCUT2D eigenvalue weighted by Crippen LogP contribution is 2.17. The average molecular weight is 397 g/mol. The Kier molecular flexibility index (Phi) is 7.77. The molecule has 0 atom stereocenters. The summed E-state index contributed by atoms with van der Waals surface area (Å²) in [6, 6.07) is 12.3. The van der Waals surface area contributed by atoms with Gasteiger partial charge in [0.05, 0.1) is 19.7 Å². The molecule has 29 heavy (non-hydrogen) atoms. The lowest BCUT2D eigenvalue weighted by atomic mass is 10.1. The quantitative estimate of drug-likeness (QED) is 0.717. The Hall–Kier alpha value is -3.35. The van der Waals surface area contributed by atoms with Crippen LogP contribution in [-0.2, 0) is 9.59 Å². The lowest BCUT2D eigenvalue weighted by Crippen LogP contribution is -2.41. The van der Waals surface area contributed by atoms with Gasteiger partial charge in [0.15, 0.2) is 0 Å². The third-order valence-electron chi connectivity index (χ3n) is 4.51. The van der Waals surface area contributed by atoms with E-state index in [-0.39, 0.29) is 30.8 Å². The van der Waals surface area contributed by atoms with E-state index in [0.29, 0.717) is 17.9 Å². The van der Waals surface area contributed by atoms with Crippen molar-refractivity contribution in [2.24, 2.45) is 0 Å². The number of benzene rings is 2. The van der Waals surface area contributed by atoms with E-state index < -0.39 is 0 Å². The van der Waals surface area contributed by atoms with Gasteiger partial charge in [0, 0.05) is 18.3 Å². The van der Waals surface area contributed by atoms with Crippen LogP contribution in [0.1, 0.15) is 28.4 Å². The first-order valence-corrected chi connectivity index (χ1v) is 9.43. The van der Waals surface area contributed by atoms with Gasteiger partial charge >= 0.3 is 0 Å². The minimum Gasteiger partial charge on any atom is -0.494 e. The number of ether oxygens (including phenoxy) is 1. The lowest BCUT2D eigenvalue weighted by Gasteiger charge is -2.18. The van der Waals surface area contributed by atoms with E-state index in [4.69, 9.17) is 4.74 Å². The molecule has 0 heterocycles. The first-order valence-electron chi connectivity index (χ1n) is 9.43. The molecule has 2 aromatic carbocycles. The van der Waals surface area contributed by atoms with Crippen molar-refractivity contribution in [2.45, 2.75) is 20.8 Å². The number of carbonyl (C=O) groups excluding carboxylic acids is 3. The summed E-state index contributed by atoms with van der Waals surface area (Å²) in [5, 5.41) is 5.38. The van der Waals surface area contributed by atoms with Crippen molar-refractivity contribution < 1.29 is 19.1 Å². The van der Waals surface area contributed by atoms with Crippen molar-refractivity contribution >= 4 is 23.4 Å². The Morgan fingerprint density at radius 2 is 1.72 bits per heavy atom. The fraction of sp³-hybridized carbons (Fsp3) is 0.318. The minimum atomic E-state index is -0.366. The summed E-state index contributed by atoms with van der Waals surface area (Å²) in [5.74, 6) is -0.350. The number of anilines is 1. The average Bonchev–Trinajstić information content (AvgIpc) is 2.70. The van der Waals surface area contributed by atoms with E-state index in [1.54, 1.807) is 24.3 Å². The van der Waals surface area contributed by atoms with E-state index in [0.717, 1.165) is 16.8 Å². The van der Waals surface area contributed by atoms with Gasteiger partial charge in [-0.3, -0.25) is 14.4 Å². The smallest absolute Gasteiger partial charge is 0.251 e. The Morgan fingerprint density at radius 1 is 1.03 bits per heavy atom. The van der Waals surface area contributed by atoms with Gasteiger partial charge in [-0.15, -0.1) is 0 Å². The van der Waals surface area contributed by atoms with Crippen molar-refractivity contribution in [1.29, 1.82) is 0 Å². The highest BCUT2D eigenvalue weighted by atomic mass is 16.5. The molecule has 154 valence electrons. The van der Waals surface area contributed by atoms with Crippen molar-refractivity contribution in [2.75, 3.05) is 32.1 Å². The summed E-state index contributed by atoms with van der Waals surface area (Å²) in [6.45, 7) is 6.02. The summed E-state index contributed by atoms with van der Waals surface area (Å²) in [4.78, 5) is 37.9. The molecule has 0 aromatic heterocycles. The van der Waals surface area contributed by atoms with Crippen LogP contribution in [0.3, 0.4) is 0 Å². The highest BCUT2D eigenvalue weighted by molar-refractivity contribution is 5.98. The standard InChI is InChI=1S/C22H27N3O4/c1-5-29-18-11-9-17(10-12-18)22(28)23-13-21(27)25(4)14-20(26)24-19-8-6-7-15(2)16(19)3/h6-12H,5,13-14H2,1-4H3,(H,23,28)(H,24,26). The van der Waals surface area contributed by atoms with E-state index in [2.05, 4.69) is 10.6 Å². The molecular weight excluding hydrogens is 370 g/mol. The van der Waals surface area contributed by atoms with Gasteiger partial charge in [0.1, 0.15) is 5.75 Å². The number of nitrogens with zero attached hydrogens (tertiary/aromatic N) is 1. The number of carbonyl (C=O) groups is 3. The molecule has 0 unspecified atom stereocenters. The Morgan fingerprint density at radius 3 is 2.38 bits per heavy atom. The van der Waals surface area contributed by atoms with Gasteiger partial charge < -0.3 is 20.3 Å². The van der Waals surface area contributed by atoms with Gasteiger partial charge in [-0.1, -0.05) is 12.1 Å². The van der Waals surface area contributed by atoms with Crippen molar-refractivity contribution in [1.82, 2.24) is 10.2 Å². The van der Waals surface area contributed by atoms with Gasteiger partial charge in [-0.05, 0) is 62.2 Å². The zero-order chi connectivity index (χ0) is 21.4. The maximum atomic E-state index is 12.2. The molecule has 0 saturated carbocycles. The van der Waals surface area contributed by atoms with E-state index in [1.807, 2.05) is 39.0 Å². The molecule has 0 aliphatic heterocycles. The van der Waals surface area contributed by atoms with Crippen LogP contribution in [0.5, 0.6) is 5.75 Å². The maximum absolute atomic E-state index is 12.2. The molecule has 7 nitrogen and oxygen atoms in total. The molecule has 2 N–H and O–H groups in total. The van der Waals surface area contributed by atoms with Crippen molar-refractivity contribution in [3.63, 3.8) is 0 Å². The number of hydrogen-bond donors (Lipinski definition) is 2. The molecule has 0 bridgehead atoms. The maximum Gasteiger partial charge on any atom is 0.251 e. The number of likely N-dealkylation sites (N-methyl/N-ethyl adjacent to an activating group) is 1. The van der Waals surface area contributed by atoms with Crippen LogP contribution in [0.2, 0.25) is 0 Å². The number of rotatable bonds is 8. The van der Waals surface area contributed by atoms with Crippen LogP contribution in [0.25, 0.3) is 0 Å². The Balaban J connectivity index is 1.82. The molecule has 7 heteroatoms. The molecule has 0 fully saturated rings. The molecule has 0 radical (unpaired) electrons. The second-order valence-corrected chi connectivity index (χ2v) is 6.69. The predicted molar refractivity (Wildman–Crippen MR) is 112 cm³/mol. The number of nitrogens with one attached hydrogen (secondary N) is 2. The second kappa shape index (κ2) is 10.3. The molecule has 0 aliphatic rings. The summed E-state index contributed by atoms with van der Waals surface area (Å²) in [7, 11) is 1.52. The number of amides is 3. The fourth-order valence-corrected chi connectivity index (χ4v) is 2.64. The Labute approximate surface area is 171 Å². The second-order valence-electron chi connectivity index (χ2n) is 6.69. The van der Waals surface area contributed by atoms with Crippen molar-refractivity contribution in [3.8, 4) is 5.75 Å². The molecule has 2 aromatic rings. The van der Waals surface area contributed by atoms with Crippen molar-refractivity contribution in [3.05, 3.63) is 59.2 Å². The number of hydrogen-bond acceptors (Lipinski definition) is 4. The van der Waals surface area contributed by atoms with E-state index in [1.165, 1.54) is 11.9 Å². The minimum absolute atomic E-state index is 0.106. The Bertz CT molecular complexity index is 878. The monoisotopic (exact) mass is 397 g/mol. The van der Waals surface area contributed by atoms with Gasteiger partial charge in [0.2, 0.25) is 11.8 Å². The van der Waals surface area contributed by atoms with Crippen LogP contribution in [-0.4, -0.2) is 49.4 Å². The van der Waals surface area contributed by atoms with E-state index >= 15 is 0 Å². The zero-order valence-corrected chi connectivity index (χ0v) is 17.2. The van der Waals surface area contributed by atoms with Crippen LogP contribution in [0, 0.1) is 13.8 Å². The summed E-state index contributed by atoms with van der Waals surface area (Å²) < 4.78 is 5.33. The molecule has 0 saturated heterocycles. The highest BCUT2D eigenvalue weighted by Gasteiger charge is 2.15. The van der Waals surface area contributed by atoms with Gasteiger partial charge in [-0.2, -0.15) is 0 Å². The topological polar surface area (TPSA) is 87.7 Å². The van der Waals surface area contributed by atoms with E-state index in [9.17, 15) is 14.4 Å². The molecule has 3 amide bonds. The number of aryl methyl sites for hydroxylation is 1.